The van der Waals surface area contributed by atoms with Gasteiger partial charge in [0.05, 0.1) is 4.92 Å². The van der Waals surface area contributed by atoms with E-state index in [0.29, 0.717) is 6.54 Å². The van der Waals surface area contributed by atoms with Gasteiger partial charge < -0.3 is 11.1 Å². The van der Waals surface area contributed by atoms with E-state index in [0.717, 1.165) is 19.1 Å². The van der Waals surface area contributed by atoms with Crippen molar-refractivity contribution in [3.63, 3.8) is 0 Å². The number of nitrogens with one attached hydrogen (secondary N) is 1. The maximum absolute atomic E-state index is 11.6. The first-order valence-electron chi connectivity index (χ1n) is 6.25. The maximum atomic E-state index is 11.6. The molecule has 1 unspecified atom stereocenters. The molecule has 20 heavy (non-hydrogen) atoms. The third-order valence-electron chi connectivity index (χ3n) is 2.86. The Balaban J connectivity index is 3.30. The van der Waals surface area contributed by atoms with Gasteiger partial charge in [-0.05, 0) is 18.6 Å². The van der Waals surface area contributed by atoms with Gasteiger partial charge in [-0.1, -0.05) is 19.4 Å². The number of hydrogen-bond donors (Lipinski definition) is 2. The van der Waals surface area contributed by atoms with Crippen LogP contribution in [0.15, 0.2) is 23.1 Å². The number of anilines is 1. The number of nitrogens with two attached hydrogens (primary N) is 1. The highest BCUT2D eigenvalue weighted by Gasteiger charge is 2.26. The molecule has 0 fully saturated rings. The molecular weight excluding hydrogens is 282 g/mol. The molecule has 1 aromatic rings. The molecular formula is C12H19N3O4S. The zero-order chi connectivity index (χ0) is 15.3. The van der Waals surface area contributed by atoms with Crippen LogP contribution in [-0.4, -0.2) is 32.2 Å². The first kappa shape index (κ1) is 16.4. The summed E-state index contributed by atoms with van der Waals surface area (Å²) in [7, 11) is -3.67. The average molecular weight is 301 g/mol. The van der Waals surface area contributed by atoms with Gasteiger partial charge in [0.1, 0.15) is 10.6 Å². The van der Waals surface area contributed by atoms with Crippen molar-refractivity contribution in [2.75, 3.05) is 18.1 Å². The summed E-state index contributed by atoms with van der Waals surface area (Å²) in [6, 6.07) is 4.07. The minimum Gasteiger partial charge on any atom is -0.375 e. The quantitative estimate of drug-likeness (QED) is 0.583. The SMILES string of the molecule is CCCC(CN)Nc1cccc(S(C)(=O)=O)c1[N+](=O)[O-]. The van der Waals surface area contributed by atoms with E-state index in [9.17, 15) is 18.5 Å². The molecule has 1 atom stereocenters. The Bertz CT molecular complexity index is 586. The Hall–Kier alpha value is -1.67. The number of para-hydroxylation sites is 1. The Morgan fingerprint density at radius 2 is 2.10 bits per heavy atom. The lowest BCUT2D eigenvalue weighted by Crippen LogP contribution is -2.29. The Morgan fingerprint density at radius 3 is 2.55 bits per heavy atom. The van der Waals surface area contributed by atoms with Gasteiger partial charge in [-0.15, -0.1) is 0 Å². The van der Waals surface area contributed by atoms with Gasteiger partial charge in [-0.25, -0.2) is 8.42 Å². The van der Waals surface area contributed by atoms with Crippen LogP contribution in [0.2, 0.25) is 0 Å². The highest BCUT2D eigenvalue weighted by Crippen LogP contribution is 2.32. The Morgan fingerprint density at radius 1 is 1.45 bits per heavy atom. The van der Waals surface area contributed by atoms with Gasteiger partial charge in [0.2, 0.25) is 0 Å². The van der Waals surface area contributed by atoms with Gasteiger partial charge in [0.25, 0.3) is 0 Å². The predicted molar refractivity (Wildman–Crippen MR) is 77.6 cm³/mol. The highest BCUT2D eigenvalue weighted by molar-refractivity contribution is 7.90. The topological polar surface area (TPSA) is 115 Å². The van der Waals surface area contributed by atoms with Crippen molar-refractivity contribution in [3.8, 4) is 0 Å². The lowest BCUT2D eigenvalue weighted by molar-refractivity contribution is -0.386. The number of sulfone groups is 1. The van der Waals surface area contributed by atoms with E-state index in [-0.39, 0.29) is 16.6 Å². The molecule has 1 aromatic carbocycles. The molecule has 0 spiro atoms. The van der Waals surface area contributed by atoms with Gasteiger partial charge in [0.15, 0.2) is 9.84 Å². The monoisotopic (exact) mass is 301 g/mol. The number of nitro benzene ring substituents is 1. The molecule has 0 aromatic heterocycles. The molecule has 112 valence electrons. The molecule has 0 heterocycles. The van der Waals surface area contributed by atoms with Gasteiger partial charge in [0, 0.05) is 18.8 Å². The van der Waals surface area contributed by atoms with E-state index in [1.807, 2.05) is 6.92 Å². The van der Waals surface area contributed by atoms with Crippen LogP contribution in [-0.2, 0) is 9.84 Å². The number of hydrogen-bond acceptors (Lipinski definition) is 6. The third kappa shape index (κ3) is 3.91. The van der Waals surface area contributed by atoms with Crippen molar-refractivity contribution < 1.29 is 13.3 Å². The summed E-state index contributed by atoms with van der Waals surface area (Å²) < 4.78 is 23.3. The predicted octanol–water partition coefficient (Wildman–Crippen LogP) is 1.54. The van der Waals surface area contributed by atoms with Crippen LogP contribution >= 0.6 is 0 Å². The van der Waals surface area contributed by atoms with E-state index in [1.165, 1.54) is 18.2 Å². The third-order valence-corrected chi connectivity index (χ3v) is 3.99. The molecule has 7 nitrogen and oxygen atoms in total. The van der Waals surface area contributed by atoms with Crippen LogP contribution in [0.5, 0.6) is 0 Å². The fourth-order valence-corrected chi connectivity index (χ4v) is 2.81. The second-order valence-electron chi connectivity index (χ2n) is 4.55. The van der Waals surface area contributed by atoms with Crippen molar-refractivity contribution in [2.24, 2.45) is 5.73 Å². The average Bonchev–Trinajstić information content (AvgIpc) is 2.36. The van der Waals surface area contributed by atoms with Crippen LogP contribution in [0.4, 0.5) is 11.4 Å². The normalized spacial score (nSPS) is 12.9. The zero-order valence-corrected chi connectivity index (χ0v) is 12.3. The van der Waals surface area contributed by atoms with Crippen molar-refractivity contribution >= 4 is 21.2 Å². The fourth-order valence-electron chi connectivity index (χ4n) is 1.94. The smallest absolute Gasteiger partial charge is 0.310 e. The number of rotatable bonds is 7. The molecule has 0 aliphatic heterocycles. The van der Waals surface area contributed by atoms with Crippen LogP contribution in [0.25, 0.3) is 0 Å². The van der Waals surface area contributed by atoms with Crippen LogP contribution in [0.3, 0.4) is 0 Å². The summed E-state index contributed by atoms with van der Waals surface area (Å²) in [5, 5.41) is 14.1. The number of nitro groups is 1. The highest BCUT2D eigenvalue weighted by atomic mass is 32.2. The Labute approximate surface area is 118 Å². The summed E-state index contributed by atoms with van der Waals surface area (Å²) >= 11 is 0. The van der Waals surface area contributed by atoms with Crippen molar-refractivity contribution in [1.82, 2.24) is 0 Å². The zero-order valence-electron chi connectivity index (χ0n) is 11.5. The second-order valence-corrected chi connectivity index (χ2v) is 6.53. The maximum Gasteiger partial charge on any atom is 0.310 e. The van der Waals surface area contributed by atoms with E-state index in [2.05, 4.69) is 5.32 Å². The van der Waals surface area contributed by atoms with Crippen LogP contribution < -0.4 is 11.1 Å². The molecule has 0 amide bonds. The minimum absolute atomic E-state index is 0.131. The van der Waals surface area contributed by atoms with Gasteiger partial charge >= 0.3 is 5.69 Å². The standard InChI is InChI=1S/C12H19N3O4S/c1-3-5-9(8-13)14-10-6-4-7-11(20(2,18)19)12(10)15(16)17/h4,6-7,9,14H,3,5,8,13H2,1-2H3. The van der Waals surface area contributed by atoms with E-state index in [4.69, 9.17) is 5.73 Å². The number of nitrogens with zero attached hydrogens (tertiary/aromatic N) is 1. The van der Waals surface area contributed by atoms with Crippen LogP contribution in [0.1, 0.15) is 19.8 Å². The molecule has 1 rings (SSSR count). The largest absolute Gasteiger partial charge is 0.375 e. The Kier molecular flexibility index (Phi) is 5.46. The van der Waals surface area contributed by atoms with E-state index < -0.39 is 20.4 Å². The molecule has 0 saturated carbocycles. The first-order chi connectivity index (χ1) is 9.31. The summed E-state index contributed by atoms with van der Waals surface area (Å²) in [6.45, 7) is 2.29. The van der Waals surface area contributed by atoms with Crippen molar-refractivity contribution in [3.05, 3.63) is 28.3 Å². The molecule has 0 saturated heterocycles. The lowest BCUT2D eigenvalue weighted by Gasteiger charge is -2.17. The minimum atomic E-state index is -3.67. The van der Waals surface area contributed by atoms with E-state index >= 15 is 0 Å². The summed E-state index contributed by atoms with van der Waals surface area (Å²) in [4.78, 5) is 10.2. The lowest BCUT2D eigenvalue weighted by atomic mass is 10.1. The van der Waals surface area contributed by atoms with Gasteiger partial charge in [-0.3, -0.25) is 10.1 Å². The van der Waals surface area contributed by atoms with E-state index in [1.54, 1.807) is 0 Å². The molecule has 0 aliphatic carbocycles. The van der Waals surface area contributed by atoms with Crippen molar-refractivity contribution in [1.29, 1.82) is 0 Å². The second kappa shape index (κ2) is 6.67. The summed E-state index contributed by atoms with van der Waals surface area (Å²) in [5.41, 5.74) is 5.36. The molecule has 0 bridgehead atoms. The molecule has 0 radical (unpaired) electrons. The molecule has 0 aliphatic rings. The molecule has 3 N–H and O–H groups in total. The number of benzene rings is 1. The fraction of sp³-hybridized carbons (Fsp3) is 0.500. The first-order valence-corrected chi connectivity index (χ1v) is 8.14. The van der Waals surface area contributed by atoms with Crippen LogP contribution in [0, 0.1) is 10.1 Å². The summed E-state index contributed by atoms with van der Waals surface area (Å²) in [5.74, 6) is 0. The van der Waals surface area contributed by atoms with Crippen molar-refractivity contribution in [2.45, 2.75) is 30.7 Å². The molecule has 8 heteroatoms. The summed E-state index contributed by atoms with van der Waals surface area (Å²) in [6.07, 6.45) is 2.57. The van der Waals surface area contributed by atoms with Gasteiger partial charge in [-0.2, -0.15) is 0 Å².